The lowest BCUT2D eigenvalue weighted by molar-refractivity contribution is 0.171. The van der Waals surface area contributed by atoms with Gasteiger partial charge < -0.3 is 15.2 Å². The Kier molecular flexibility index (Phi) is 4.19. The molecule has 0 spiro atoms. The summed E-state index contributed by atoms with van der Waals surface area (Å²) < 4.78 is 12.2. The van der Waals surface area contributed by atoms with Gasteiger partial charge in [0.15, 0.2) is 11.5 Å². The van der Waals surface area contributed by atoms with Gasteiger partial charge in [0.05, 0.1) is 0 Å². The van der Waals surface area contributed by atoms with Gasteiger partial charge in [0, 0.05) is 20.8 Å². The van der Waals surface area contributed by atoms with Crippen LogP contribution in [0.1, 0.15) is 5.56 Å². The predicted molar refractivity (Wildman–Crippen MR) is 83.6 cm³/mol. The van der Waals surface area contributed by atoms with Gasteiger partial charge in [0.1, 0.15) is 13.2 Å². The molecule has 104 valence electrons. The summed E-state index contributed by atoms with van der Waals surface area (Å²) in [5.41, 5.74) is 6.92. The highest BCUT2D eigenvalue weighted by molar-refractivity contribution is 9.10. The predicted octanol–water partition coefficient (Wildman–Crippen LogP) is 3.83. The van der Waals surface area contributed by atoms with Crippen LogP contribution in [0.2, 0.25) is 0 Å². The summed E-state index contributed by atoms with van der Waals surface area (Å²) in [4.78, 5) is 2.26. The molecule has 0 bridgehead atoms. The molecule has 0 aliphatic carbocycles. The second kappa shape index (κ2) is 6.08. The zero-order valence-electron chi connectivity index (χ0n) is 10.8. The molecule has 3 rings (SSSR count). The third-order valence-electron chi connectivity index (χ3n) is 2.99. The summed E-state index contributed by atoms with van der Waals surface area (Å²) in [6.07, 6.45) is 0. The Hall–Kier alpha value is -1.17. The number of ether oxygens (including phenoxy) is 2. The fourth-order valence-corrected chi connectivity index (χ4v) is 3.54. The summed E-state index contributed by atoms with van der Waals surface area (Å²) in [6, 6.07) is 12.2. The first-order valence-electron chi connectivity index (χ1n) is 6.32. The molecule has 0 saturated heterocycles. The lowest BCUT2D eigenvalue weighted by Crippen LogP contribution is -2.15. The number of rotatable bonds is 3. The van der Waals surface area contributed by atoms with Crippen LogP contribution in [-0.4, -0.2) is 13.2 Å². The first kappa shape index (κ1) is 13.8. The van der Waals surface area contributed by atoms with Gasteiger partial charge >= 0.3 is 0 Å². The first-order valence-corrected chi connectivity index (χ1v) is 7.93. The molecule has 0 saturated carbocycles. The Bertz CT molecular complexity index is 633. The molecular formula is C15H14BrNO2S. The average molecular weight is 352 g/mol. The number of hydrogen-bond acceptors (Lipinski definition) is 4. The third kappa shape index (κ3) is 2.95. The van der Waals surface area contributed by atoms with Gasteiger partial charge in [-0.05, 0) is 35.9 Å². The van der Waals surface area contributed by atoms with Gasteiger partial charge in [-0.25, -0.2) is 0 Å². The Morgan fingerprint density at radius 3 is 2.65 bits per heavy atom. The Balaban J connectivity index is 1.89. The molecule has 20 heavy (non-hydrogen) atoms. The number of fused-ring (bicyclic) bond motifs is 1. The van der Waals surface area contributed by atoms with Crippen LogP contribution < -0.4 is 15.2 Å². The minimum Gasteiger partial charge on any atom is -0.486 e. The van der Waals surface area contributed by atoms with E-state index < -0.39 is 0 Å². The van der Waals surface area contributed by atoms with Crippen LogP contribution in [0.15, 0.2) is 50.7 Å². The monoisotopic (exact) mass is 351 g/mol. The molecule has 0 fully saturated rings. The Morgan fingerprint density at radius 2 is 1.85 bits per heavy atom. The lowest BCUT2D eigenvalue weighted by Gasteiger charge is -2.19. The normalized spacial score (nSPS) is 13.3. The second-order valence-corrected chi connectivity index (χ2v) is 6.39. The van der Waals surface area contributed by atoms with Gasteiger partial charge in [-0.1, -0.05) is 33.8 Å². The van der Waals surface area contributed by atoms with E-state index in [4.69, 9.17) is 15.2 Å². The molecule has 1 aliphatic rings. The highest BCUT2D eigenvalue weighted by Crippen LogP contribution is 2.38. The van der Waals surface area contributed by atoms with Crippen molar-refractivity contribution in [3.63, 3.8) is 0 Å². The standard InChI is InChI=1S/C15H14BrNO2S/c16-11-2-1-10(9-17)15(7-11)20-12-3-4-13-14(8-12)19-6-5-18-13/h1-4,7-8H,5-6,9,17H2. The van der Waals surface area contributed by atoms with Crippen molar-refractivity contribution in [1.29, 1.82) is 0 Å². The maximum atomic E-state index is 5.79. The van der Waals surface area contributed by atoms with Crippen molar-refractivity contribution in [1.82, 2.24) is 0 Å². The molecule has 1 heterocycles. The van der Waals surface area contributed by atoms with Gasteiger partial charge in [-0.2, -0.15) is 0 Å². The molecule has 0 atom stereocenters. The molecule has 0 aromatic heterocycles. The fourth-order valence-electron chi connectivity index (χ4n) is 2.01. The number of halogens is 1. The second-order valence-electron chi connectivity index (χ2n) is 4.36. The molecule has 5 heteroatoms. The Morgan fingerprint density at radius 1 is 1.05 bits per heavy atom. The van der Waals surface area contributed by atoms with Crippen molar-refractivity contribution in [2.75, 3.05) is 13.2 Å². The van der Waals surface area contributed by atoms with E-state index in [1.165, 1.54) is 0 Å². The number of nitrogens with two attached hydrogens (primary N) is 1. The van der Waals surface area contributed by atoms with Crippen molar-refractivity contribution in [3.8, 4) is 11.5 Å². The zero-order valence-corrected chi connectivity index (χ0v) is 13.2. The lowest BCUT2D eigenvalue weighted by atomic mass is 10.2. The quantitative estimate of drug-likeness (QED) is 0.912. The van der Waals surface area contributed by atoms with Gasteiger partial charge in [-0.15, -0.1) is 0 Å². The van der Waals surface area contributed by atoms with Crippen molar-refractivity contribution in [2.45, 2.75) is 16.3 Å². The van der Waals surface area contributed by atoms with Gasteiger partial charge in [0.25, 0.3) is 0 Å². The van der Waals surface area contributed by atoms with E-state index in [2.05, 4.69) is 22.0 Å². The number of hydrogen-bond donors (Lipinski definition) is 1. The summed E-state index contributed by atoms with van der Waals surface area (Å²) in [7, 11) is 0. The minimum absolute atomic E-state index is 0.528. The van der Waals surface area contributed by atoms with E-state index >= 15 is 0 Å². The molecule has 0 radical (unpaired) electrons. The summed E-state index contributed by atoms with van der Waals surface area (Å²) in [6.45, 7) is 1.74. The largest absolute Gasteiger partial charge is 0.486 e. The van der Waals surface area contributed by atoms with Crippen LogP contribution in [0, 0.1) is 0 Å². The van der Waals surface area contributed by atoms with Crippen LogP contribution in [0.25, 0.3) is 0 Å². The van der Waals surface area contributed by atoms with Crippen molar-refractivity contribution >= 4 is 27.7 Å². The van der Waals surface area contributed by atoms with E-state index in [0.29, 0.717) is 19.8 Å². The molecule has 2 aromatic rings. The molecule has 3 nitrogen and oxygen atoms in total. The van der Waals surface area contributed by atoms with Gasteiger partial charge in [-0.3, -0.25) is 0 Å². The van der Waals surface area contributed by atoms with E-state index in [-0.39, 0.29) is 0 Å². The molecular weight excluding hydrogens is 338 g/mol. The van der Waals surface area contributed by atoms with Crippen LogP contribution in [0.4, 0.5) is 0 Å². The smallest absolute Gasteiger partial charge is 0.162 e. The van der Waals surface area contributed by atoms with E-state index in [1.54, 1.807) is 11.8 Å². The summed E-state index contributed by atoms with van der Waals surface area (Å²) in [5.74, 6) is 1.62. The fraction of sp³-hybridized carbons (Fsp3) is 0.200. The molecule has 2 aromatic carbocycles. The Labute approximate surface area is 130 Å². The van der Waals surface area contributed by atoms with E-state index in [9.17, 15) is 0 Å². The zero-order chi connectivity index (χ0) is 13.9. The summed E-state index contributed by atoms with van der Waals surface area (Å²) in [5, 5.41) is 0. The van der Waals surface area contributed by atoms with Crippen LogP contribution >= 0.6 is 27.7 Å². The van der Waals surface area contributed by atoms with Crippen LogP contribution in [-0.2, 0) is 6.54 Å². The maximum Gasteiger partial charge on any atom is 0.162 e. The summed E-state index contributed by atoms with van der Waals surface area (Å²) >= 11 is 5.18. The average Bonchev–Trinajstić information content (AvgIpc) is 2.47. The molecule has 2 N–H and O–H groups in total. The third-order valence-corrected chi connectivity index (χ3v) is 4.57. The maximum absolute atomic E-state index is 5.79. The van der Waals surface area contributed by atoms with Crippen molar-refractivity contribution in [3.05, 3.63) is 46.4 Å². The molecule has 0 amide bonds. The van der Waals surface area contributed by atoms with Crippen molar-refractivity contribution in [2.24, 2.45) is 5.73 Å². The highest BCUT2D eigenvalue weighted by atomic mass is 79.9. The van der Waals surface area contributed by atoms with Gasteiger partial charge in [0.2, 0.25) is 0 Å². The van der Waals surface area contributed by atoms with Crippen LogP contribution in [0.5, 0.6) is 11.5 Å². The molecule has 0 unspecified atom stereocenters. The number of benzene rings is 2. The molecule has 1 aliphatic heterocycles. The SMILES string of the molecule is NCc1ccc(Br)cc1Sc1ccc2c(c1)OCCO2. The van der Waals surface area contributed by atoms with Crippen molar-refractivity contribution < 1.29 is 9.47 Å². The van der Waals surface area contributed by atoms with E-state index in [1.807, 2.05) is 30.3 Å². The van der Waals surface area contributed by atoms with E-state index in [0.717, 1.165) is 31.3 Å². The van der Waals surface area contributed by atoms with Crippen LogP contribution in [0.3, 0.4) is 0 Å². The minimum atomic E-state index is 0.528. The first-order chi connectivity index (χ1) is 9.76. The topological polar surface area (TPSA) is 44.5 Å². The highest BCUT2D eigenvalue weighted by Gasteiger charge is 2.13.